The molecule has 1 N–H and O–H groups in total. The lowest BCUT2D eigenvalue weighted by Gasteiger charge is -2.29. The van der Waals surface area contributed by atoms with Gasteiger partial charge in [-0.05, 0) is 51.0 Å². The van der Waals surface area contributed by atoms with E-state index < -0.39 is 0 Å². The molecular formula is C14H24ClN3. The first kappa shape index (κ1) is 15.4. The molecule has 2 rings (SSSR count). The van der Waals surface area contributed by atoms with Gasteiger partial charge >= 0.3 is 0 Å². The standard InChI is InChI=1S/C14H23N3.ClH/c1-2-17(12-13-6-3-4-10-16-13)14-7-5-9-15-11-8-14;/h3-4,6,10,14-15H,2,5,7-9,11-12H2,1H3;1H. The SMILES string of the molecule is CCN(Cc1ccccn1)C1CCCNCC1.Cl. The van der Waals surface area contributed by atoms with Crippen molar-refractivity contribution in [2.75, 3.05) is 19.6 Å². The van der Waals surface area contributed by atoms with Crippen LogP contribution >= 0.6 is 12.4 Å². The second-order valence-corrected chi connectivity index (χ2v) is 4.72. The topological polar surface area (TPSA) is 28.2 Å². The molecule has 102 valence electrons. The Hall–Kier alpha value is -0.640. The molecule has 1 fully saturated rings. The first-order chi connectivity index (χ1) is 8.40. The number of rotatable bonds is 4. The van der Waals surface area contributed by atoms with Crippen molar-refractivity contribution in [1.82, 2.24) is 15.2 Å². The van der Waals surface area contributed by atoms with Gasteiger partial charge in [0.1, 0.15) is 0 Å². The van der Waals surface area contributed by atoms with Gasteiger partial charge in [-0.2, -0.15) is 0 Å². The maximum atomic E-state index is 4.43. The van der Waals surface area contributed by atoms with E-state index in [-0.39, 0.29) is 12.4 Å². The number of nitrogens with one attached hydrogen (secondary N) is 1. The molecule has 0 bridgehead atoms. The van der Waals surface area contributed by atoms with Crippen molar-refractivity contribution in [2.45, 2.75) is 38.8 Å². The Bertz CT molecular complexity index is 310. The summed E-state index contributed by atoms with van der Waals surface area (Å²) in [5.74, 6) is 0. The Morgan fingerprint density at radius 1 is 1.33 bits per heavy atom. The van der Waals surface area contributed by atoms with Gasteiger partial charge in [0.15, 0.2) is 0 Å². The van der Waals surface area contributed by atoms with Gasteiger partial charge in [0.25, 0.3) is 0 Å². The van der Waals surface area contributed by atoms with Crippen molar-refractivity contribution in [1.29, 1.82) is 0 Å². The summed E-state index contributed by atoms with van der Waals surface area (Å²) in [6, 6.07) is 6.90. The number of nitrogens with zero attached hydrogens (tertiary/aromatic N) is 2. The van der Waals surface area contributed by atoms with Gasteiger partial charge in [0, 0.05) is 18.8 Å². The van der Waals surface area contributed by atoms with E-state index in [0.29, 0.717) is 0 Å². The lowest BCUT2D eigenvalue weighted by molar-refractivity contribution is 0.180. The molecule has 4 heteroatoms. The molecule has 1 atom stereocenters. The number of aromatic nitrogens is 1. The highest BCUT2D eigenvalue weighted by atomic mass is 35.5. The van der Waals surface area contributed by atoms with Gasteiger partial charge in [-0.25, -0.2) is 0 Å². The smallest absolute Gasteiger partial charge is 0.0544 e. The molecule has 18 heavy (non-hydrogen) atoms. The molecule has 0 radical (unpaired) electrons. The average Bonchev–Trinajstić information content (AvgIpc) is 2.66. The Kier molecular flexibility index (Phi) is 7.25. The van der Waals surface area contributed by atoms with Gasteiger partial charge in [-0.15, -0.1) is 12.4 Å². The highest BCUT2D eigenvalue weighted by Gasteiger charge is 2.18. The van der Waals surface area contributed by atoms with Gasteiger partial charge in [-0.3, -0.25) is 9.88 Å². The van der Waals surface area contributed by atoms with E-state index in [1.165, 1.54) is 31.5 Å². The van der Waals surface area contributed by atoms with E-state index in [1.54, 1.807) is 0 Å². The Balaban J connectivity index is 0.00000162. The fourth-order valence-corrected chi connectivity index (χ4v) is 2.56. The molecule has 1 unspecified atom stereocenters. The zero-order valence-electron chi connectivity index (χ0n) is 11.1. The van der Waals surface area contributed by atoms with Crippen LogP contribution in [0.2, 0.25) is 0 Å². The second-order valence-electron chi connectivity index (χ2n) is 4.72. The molecule has 2 heterocycles. The minimum Gasteiger partial charge on any atom is -0.317 e. The summed E-state index contributed by atoms with van der Waals surface area (Å²) < 4.78 is 0. The molecule has 1 aliphatic heterocycles. The normalized spacial score (nSPS) is 20.2. The zero-order valence-corrected chi connectivity index (χ0v) is 12.0. The predicted octanol–water partition coefficient (Wildman–Crippen LogP) is 2.47. The lowest BCUT2D eigenvalue weighted by Crippen LogP contribution is -2.35. The summed E-state index contributed by atoms with van der Waals surface area (Å²) >= 11 is 0. The summed E-state index contributed by atoms with van der Waals surface area (Å²) in [6.45, 7) is 6.69. The third kappa shape index (κ3) is 4.56. The molecule has 1 aromatic heterocycles. The largest absolute Gasteiger partial charge is 0.317 e. The third-order valence-electron chi connectivity index (χ3n) is 3.56. The Morgan fingerprint density at radius 3 is 2.94 bits per heavy atom. The summed E-state index contributed by atoms with van der Waals surface area (Å²) in [5.41, 5.74) is 1.19. The summed E-state index contributed by atoms with van der Waals surface area (Å²) in [6.07, 6.45) is 5.76. The van der Waals surface area contributed by atoms with Crippen molar-refractivity contribution in [3.05, 3.63) is 30.1 Å². The second kappa shape index (κ2) is 8.46. The highest BCUT2D eigenvalue weighted by molar-refractivity contribution is 5.85. The molecule has 1 saturated heterocycles. The minimum absolute atomic E-state index is 0. The Morgan fingerprint density at radius 2 is 2.22 bits per heavy atom. The molecule has 0 aromatic carbocycles. The van der Waals surface area contributed by atoms with E-state index in [4.69, 9.17) is 0 Å². The van der Waals surface area contributed by atoms with Crippen LogP contribution in [0.5, 0.6) is 0 Å². The van der Waals surface area contributed by atoms with Crippen LogP contribution in [0.15, 0.2) is 24.4 Å². The number of pyridine rings is 1. The van der Waals surface area contributed by atoms with Crippen LogP contribution < -0.4 is 5.32 Å². The van der Waals surface area contributed by atoms with Crippen molar-refractivity contribution in [3.63, 3.8) is 0 Å². The highest BCUT2D eigenvalue weighted by Crippen LogP contribution is 2.15. The van der Waals surface area contributed by atoms with Crippen molar-refractivity contribution >= 4 is 12.4 Å². The average molecular weight is 270 g/mol. The summed E-state index contributed by atoms with van der Waals surface area (Å²) in [5, 5.41) is 3.48. The van der Waals surface area contributed by atoms with Crippen LogP contribution in [-0.2, 0) is 6.54 Å². The van der Waals surface area contributed by atoms with Crippen LogP contribution in [0, 0.1) is 0 Å². The van der Waals surface area contributed by atoms with E-state index in [1.807, 2.05) is 12.3 Å². The minimum atomic E-state index is 0. The summed E-state index contributed by atoms with van der Waals surface area (Å²) in [4.78, 5) is 6.99. The maximum absolute atomic E-state index is 4.43. The van der Waals surface area contributed by atoms with Crippen LogP contribution in [0.25, 0.3) is 0 Å². The van der Waals surface area contributed by atoms with Crippen molar-refractivity contribution < 1.29 is 0 Å². The van der Waals surface area contributed by atoms with Crippen molar-refractivity contribution in [2.24, 2.45) is 0 Å². The first-order valence-electron chi connectivity index (χ1n) is 6.75. The monoisotopic (exact) mass is 269 g/mol. The van der Waals surface area contributed by atoms with E-state index in [2.05, 4.69) is 34.3 Å². The van der Waals surface area contributed by atoms with Crippen LogP contribution in [-0.4, -0.2) is 35.6 Å². The molecule has 1 aliphatic rings. The quantitative estimate of drug-likeness (QED) is 0.910. The molecule has 0 spiro atoms. The number of halogens is 1. The van der Waals surface area contributed by atoms with E-state index in [0.717, 1.165) is 25.7 Å². The molecule has 0 saturated carbocycles. The van der Waals surface area contributed by atoms with Crippen molar-refractivity contribution in [3.8, 4) is 0 Å². The van der Waals surface area contributed by atoms with Gasteiger partial charge < -0.3 is 5.32 Å². The van der Waals surface area contributed by atoms with E-state index in [9.17, 15) is 0 Å². The zero-order chi connectivity index (χ0) is 11.9. The van der Waals surface area contributed by atoms with Gasteiger partial charge in [-0.1, -0.05) is 13.0 Å². The molecule has 3 nitrogen and oxygen atoms in total. The maximum Gasteiger partial charge on any atom is 0.0544 e. The number of hydrogen-bond acceptors (Lipinski definition) is 3. The van der Waals surface area contributed by atoms with Gasteiger partial charge in [0.05, 0.1) is 5.69 Å². The van der Waals surface area contributed by atoms with Crippen LogP contribution in [0.3, 0.4) is 0 Å². The summed E-state index contributed by atoms with van der Waals surface area (Å²) in [7, 11) is 0. The predicted molar refractivity (Wildman–Crippen MR) is 78.1 cm³/mol. The van der Waals surface area contributed by atoms with E-state index >= 15 is 0 Å². The van der Waals surface area contributed by atoms with Gasteiger partial charge in [0.2, 0.25) is 0 Å². The Labute approximate surface area is 116 Å². The molecule has 0 amide bonds. The molecule has 0 aliphatic carbocycles. The van der Waals surface area contributed by atoms with Crippen LogP contribution in [0.1, 0.15) is 31.9 Å². The molecular weight excluding hydrogens is 246 g/mol. The third-order valence-corrected chi connectivity index (χ3v) is 3.56. The lowest BCUT2D eigenvalue weighted by atomic mass is 10.1. The fourth-order valence-electron chi connectivity index (χ4n) is 2.56. The number of hydrogen-bond donors (Lipinski definition) is 1. The fraction of sp³-hybridized carbons (Fsp3) is 0.643. The van der Waals surface area contributed by atoms with Crippen LogP contribution in [0.4, 0.5) is 0 Å². The molecule has 1 aromatic rings. The first-order valence-corrected chi connectivity index (χ1v) is 6.75.